The zero-order valence-corrected chi connectivity index (χ0v) is 9.93. The van der Waals surface area contributed by atoms with Crippen LogP contribution in [0.3, 0.4) is 0 Å². The third kappa shape index (κ3) is 3.92. The van der Waals surface area contributed by atoms with Gasteiger partial charge in [-0.15, -0.1) is 24.8 Å². The van der Waals surface area contributed by atoms with E-state index in [2.05, 4.69) is 20.9 Å². The highest BCUT2D eigenvalue weighted by atomic mass is 79.9. The summed E-state index contributed by atoms with van der Waals surface area (Å²) in [6.07, 6.45) is 1.64. The highest BCUT2D eigenvalue weighted by Crippen LogP contribution is 2.20. The van der Waals surface area contributed by atoms with Crippen molar-refractivity contribution in [3.05, 3.63) is 27.5 Å². The molecule has 1 aromatic heterocycles. The Morgan fingerprint density at radius 1 is 1.50 bits per heavy atom. The number of hydrogen-bond donors (Lipinski definition) is 1. The van der Waals surface area contributed by atoms with Crippen molar-refractivity contribution in [2.24, 2.45) is 5.73 Å². The van der Waals surface area contributed by atoms with Gasteiger partial charge in [0.1, 0.15) is 0 Å². The molecule has 0 saturated carbocycles. The lowest BCUT2D eigenvalue weighted by atomic mass is 10.3. The van der Waals surface area contributed by atoms with Crippen LogP contribution in [0.15, 0.2) is 16.7 Å². The largest absolute Gasteiger partial charge is 0.325 e. The number of halogens is 4. The second kappa shape index (κ2) is 6.92. The van der Waals surface area contributed by atoms with E-state index in [-0.39, 0.29) is 24.8 Å². The third-order valence-electron chi connectivity index (χ3n) is 1.07. The Balaban J connectivity index is 0. The average Bonchev–Trinajstić information content (AvgIpc) is 1.95. The quantitative estimate of drug-likeness (QED) is 0.865. The first-order valence-electron chi connectivity index (χ1n) is 2.74. The van der Waals surface area contributed by atoms with E-state index in [0.29, 0.717) is 11.6 Å². The van der Waals surface area contributed by atoms with Crippen molar-refractivity contribution < 1.29 is 0 Å². The van der Waals surface area contributed by atoms with Crippen molar-refractivity contribution in [3.8, 4) is 0 Å². The number of rotatable bonds is 1. The Labute approximate surface area is 96.8 Å². The van der Waals surface area contributed by atoms with E-state index in [1.807, 2.05) is 0 Å². The zero-order chi connectivity index (χ0) is 7.56. The molecule has 2 N–H and O–H groups in total. The molecule has 12 heavy (non-hydrogen) atoms. The maximum absolute atomic E-state index is 5.75. The first-order chi connectivity index (χ1) is 4.74. The van der Waals surface area contributed by atoms with E-state index in [0.717, 1.165) is 10.2 Å². The Bertz CT molecular complexity index is 244. The van der Waals surface area contributed by atoms with Crippen molar-refractivity contribution >= 4 is 52.3 Å². The molecule has 1 rings (SSSR count). The van der Waals surface area contributed by atoms with Crippen molar-refractivity contribution in [1.29, 1.82) is 0 Å². The fraction of sp³-hybridized carbons (Fsp3) is 0.167. The Morgan fingerprint density at radius 2 is 2.08 bits per heavy atom. The molecule has 0 radical (unpaired) electrons. The van der Waals surface area contributed by atoms with Crippen LogP contribution in [0.4, 0.5) is 0 Å². The minimum Gasteiger partial charge on any atom is -0.325 e. The first-order valence-corrected chi connectivity index (χ1v) is 3.91. The molecule has 1 heterocycles. The molecule has 0 aliphatic heterocycles. The van der Waals surface area contributed by atoms with Crippen LogP contribution < -0.4 is 5.73 Å². The van der Waals surface area contributed by atoms with Crippen LogP contribution in [0.1, 0.15) is 5.69 Å². The molecule has 0 aromatic carbocycles. The van der Waals surface area contributed by atoms with Crippen molar-refractivity contribution in [3.63, 3.8) is 0 Å². The van der Waals surface area contributed by atoms with Gasteiger partial charge in [-0.3, -0.25) is 4.98 Å². The van der Waals surface area contributed by atoms with E-state index in [1.54, 1.807) is 12.3 Å². The smallest absolute Gasteiger partial charge is 0.0582 e. The van der Waals surface area contributed by atoms with Gasteiger partial charge in [-0.2, -0.15) is 0 Å². The van der Waals surface area contributed by atoms with Crippen LogP contribution in [0.2, 0.25) is 5.02 Å². The molecule has 0 bridgehead atoms. The monoisotopic (exact) mass is 292 g/mol. The molecule has 2 nitrogen and oxygen atoms in total. The molecule has 0 atom stereocenters. The highest BCUT2D eigenvalue weighted by Gasteiger charge is 1.97. The summed E-state index contributed by atoms with van der Waals surface area (Å²) in [5.74, 6) is 0. The minimum absolute atomic E-state index is 0. The third-order valence-corrected chi connectivity index (χ3v) is 2.25. The molecule has 0 saturated heterocycles. The molecule has 0 spiro atoms. The van der Waals surface area contributed by atoms with Crippen LogP contribution in [-0.2, 0) is 6.54 Å². The SMILES string of the molecule is Cl.Cl.NCc1cc(Cl)c(Br)cn1. The van der Waals surface area contributed by atoms with Gasteiger partial charge in [-0.1, -0.05) is 11.6 Å². The lowest BCUT2D eigenvalue weighted by molar-refractivity contribution is 0.988. The molecule has 6 heteroatoms. The summed E-state index contributed by atoms with van der Waals surface area (Å²) in [6, 6.07) is 1.74. The number of pyridine rings is 1. The Hall–Kier alpha value is 0.460. The van der Waals surface area contributed by atoms with Gasteiger partial charge in [-0.05, 0) is 22.0 Å². The van der Waals surface area contributed by atoms with Gasteiger partial charge >= 0.3 is 0 Å². The van der Waals surface area contributed by atoms with E-state index in [9.17, 15) is 0 Å². The fourth-order valence-corrected chi connectivity index (χ4v) is 0.957. The van der Waals surface area contributed by atoms with Gasteiger partial charge in [0, 0.05) is 12.7 Å². The van der Waals surface area contributed by atoms with E-state index < -0.39 is 0 Å². The first kappa shape index (κ1) is 15.0. The lowest BCUT2D eigenvalue weighted by Gasteiger charge is -1.97. The number of aromatic nitrogens is 1. The van der Waals surface area contributed by atoms with Crippen molar-refractivity contribution in [2.45, 2.75) is 6.54 Å². The summed E-state index contributed by atoms with van der Waals surface area (Å²) in [5.41, 5.74) is 6.13. The van der Waals surface area contributed by atoms with Crippen LogP contribution in [0.25, 0.3) is 0 Å². The predicted octanol–water partition coefficient (Wildman–Crippen LogP) is 2.80. The maximum Gasteiger partial charge on any atom is 0.0582 e. The van der Waals surface area contributed by atoms with Gasteiger partial charge in [-0.25, -0.2) is 0 Å². The van der Waals surface area contributed by atoms with Gasteiger partial charge in [0.25, 0.3) is 0 Å². The predicted molar refractivity (Wildman–Crippen MR) is 59.3 cm³/mol. The van der Waals surface area contributed by atoms with Gasteiger partial charge in [0.15, 0.2) is 0 Å². The molecule has 0 unspecified atom stereocenters. The minimum atomic E-state index is 0. The normalized spacial score (nSPS) is 8.25. The zero-order valence-electron chi connectivity index (χ0n) is 5.96. The fourth-order valence-electron chi connectivity index (χ4n) is 0.565. The molecule has 70 valence electrons. The molecular weight excluding hydrogens is 286 g/mol. The second-order valence-corrected chi connectivity index (χ2v) is 3.06. The summed E-state index contributed by atoms with van der Waals surface area (Å²) in [7, 11) is 0. The molecular formula is C6H8BrCl3N2. The summed E-state index contributed by atoms with van der Waals surface area (Å²) in [6.45, 7) is 0.424. The van der Waals surface area contributed by atoms with Gasteiger partial charge < -0.3 is 5.73 Å². The van der Waals surface area contributed by atoms with Gasteiger partial charge in [0.2, 0.25) is 0 Å². The number of nitrogens with two attached hydrogens (primary N) is 1. The topological polar surface area (TPSA) is 38.9 Å². The van der Waals surface area contributed by atoms with Crippen LogP contribution in [-0.4, -0.2) is 4.98 Å². The molecule has 0 aliphatic rings. The Morgan fingerprint density at radius 3 is 2.50 bits per heavy atom. The maximum atomic E-state index is 5.75. The second-order valence-electron chi connectivity index (χ2n) is 1.79. The van der Waals surface area contributed by atoms with Crippen molar-refractivity contribution in [1.82, 2.24) is 4.98 Å². The highest BCUT2D eigenvalue weighted by molar-refractivity contribution is 9.10. The van der Waals surface area contributed by atoms with E-state index in [4.69, 9.17) is 17.3 Å². The molecule has 0 amide bonds. The summed E-state index contributed by atoms with van der Waals surface area (Å²) >= 11 is 8.97. The Kier molecular flexibility index (Phi) is 8.63. The summed E-state index contributed by atoms with van der Waals surface area (Å²) < 4.78 is 0.798. The number of nitrogens with zero attached hydrogens (tertiary/aromatic N) is 1. The van der Waals surface area contributed by atoms with Crippen LogP contribution in [0.5, 0.6) is 0 Å². The molecule has 0 fully saturated rings. The van der Waals surface area contributed by atoms with Crippen LogP contribution >= 0.6 is 52.3 Å². The van der Waals surface area contributed by atoms with Crippen molar-refractivity contribution in [2.75, 3.05) is 0 Å². The molecule has 1 aromatic rings. The number of hydrogen-bond acceptors (Lipinski definition) is 2. The van der Waals surface area contributed by atoms with Gasteiger partial charge in [0.05, 0.1) is 15.2 Å². The van der Waals surface area contributed by atoms with E-state index in [1.165, 1.54) is 0 Å². The standard InChI is InChI=1S/C6H6BrClN2.2ClH/c7-5-3-10-4(2-9)1-6(5)8;;/h1,3H,2,9H2;2*1H. The van der Waals surface area contributed by atoms with Crippen LogP contribution in [0, 0.1) is 0 Å². The molecule has 0 aliphatic carbocycles. The summed E-state index contributed by atoms with van der Waals surface area (Å²) in [5, 5.41) is 0.649. The average molecular weight is 294 g/mol. The van der Waals surface area contributed by atoms with E-state index >= 15 is 0 Å². The summed E-state index contributed by atoms with van der Waals surface area (Å²) in [4.78, 5) is 4.00. The lowest BCUT2D eigenvalue weighted by Crippen LogP contribution is -1.98.